The summed E-state index contributed by atoms with van der Waals surface area (Å²) in [7, 11) is -2.87. The van der Waals surface area contributed by atoms with Gasteiger partial charge in [-0.05, 0) is 38.8 Å². The Bertz CT molecular complexity index is 575. The van der Waals surface area contributed by atoms with Gasteiger partial charge in [0.15, 0.2) is 9.84 Å². The Morgan fingerprint density at radius 3 is 2.65 bits per heavy atom. The zero-order valence-electron chi connectivity index (χ0n) is 12.8. The molecule has 1 saturated heterocycles. The summed E-state index contributed by atoms with van der Waals surface area (Å²) in [5.74, 6) is 0.527. The van der Waals surface area contributed by atoms with Crippen molar-refractivity contribution in [3.63, 3.8) is 0 Å². The van der Waals surface area contributed by atoms with Crippen LogP contribution in [-0.4, -0.2) is 42.3 Å². The van der Waals surface area contributed by atoms with Gasteiger partial charge in [0.1, 0.15) is 0 Å². The Morgan fingerprint density at radius 2 is 2.10 bits per heavy atom. The molecule has 0 bridgehead atoms. The predicted molar refractivity (Wildman–Crippen MR) is 80.9 cm³/mol. The first-order valence-corrected chi connectivity index (χ1v) is 9.10. The zero-order chi connectivity index (χ0) is 14.9. The molecule has 20 heavy (non-hydrogen) atoms. The number of rotatable bonds is 5. The summed E-state index contributed by atoms with van der Waals surface area (Å²) in [5.41, 5.74) is 3.40. The van der Waals surface area contributed by atoms with Crippen LogP contribution < -0.4 is 5.32 Å². The second-order valence-electron chi connectivity index (χ2n) is 6.01. The average Bonchev–Trinajstić information content (AvgIpc) is 2.82. The van der Waals surface area contributed by atoms with E-state index in [1.807, 2.05) is 11.6 Å². The van der Waals surface area contributed by atoms with Crippen LogP contribution in [0.15, 0.2) is 0 Å². The highest BCUT2D eigenvalue weighted by Crippen LogP contribution is 2.26. The molecule has 0 spiro atoms. The van der Waals surface area contributed by atoms with Gasteiger partial charge in [0.25, 0.3) is 0 Å². The number of aromatic nitrogens is 2. The first kappa shape index (κ1) is 15.5. The van der Waals surface area contributed by atoms with E-state index in [-0.39, 0.29) is 11.8 Å². The maximum Gasteiger partial charge on any atom is 0.152 e. The standard InChI is InChI=1S/C14H25N3O2S/c1-10(2)15-7-5-14-11(3)16-17(12(14)4)13-6-8-20(18,19)9-13/h10,13,15H,5-9H2,1-4H3. The van der Waals surface area contributed by atoms with Gasteiger partial charge >= 0.3 is 0 Å². The van der Waals surface area contributed by atoms with Crippen molar-refractivity contribution in [2.75, 3.05) is 18.1 Å². The highest BCUT2D eigenvalue weighted by Gasteiger charge is 2.31. The molecular formula is C14H25N3O2S. The molecular weight excluding hydrogens is 274 g/mol. The van der Waals surface area contributed by atoms with Crippen LogP contribution in [0, 0.1) is 13.8 Å². The topological polar surface area (TPSA) is 64.0 Å². The fraction of sp³-hybridized carbons (Fsp3) is 0.786. The lowest BCUT2D eigenvalue weighted by atomic mass is 10.1. The molecule has 1 unspecified atom stereocenters. The SMILES string of the molecule is Cc1nn(C2CCS(=O)(=O)C2)c(C)c1CCNC(C)C. The molecule has 0 saturated carbocycles. The summed E-state index contributed by atoms with van der Waals surface area (Å²) < 4.78 is 25.2. The van der Waals surface area contributed by atoms with Gasteiger partial charge < -0.3 is 5.32 Å². The molecule has 2 rings (SSSR count). The third kappa shape index (κ3) is 3.41. The second-order valence-corrected chi connectivity index (χ2v) is 8.24. The van der Waals surface area contributed by atoms with Crippen LogP contribution in [0.25, 0.3) is 0 Å². The minimum Gasteiger partial charge on any atom is -0.314 e. The number of hydrogen-bond donors (Lipinski definition) is 1. The maximum absolute atomic E-state index is 11.6. The first-order valence-electron chi connectivity index (χ1n) is 7.28. The largest absolute Gasteiger partial charge is 0.314 e. The van der Waals surface area contributed by atoms with Crippen molar-refractivity contribution < 1.29 is 8.42 Å². The molecule has 1 aromatic rings. The van der Waals surface area contributed by atoms with E-state index in [1.165, 1.54) is 5.56 Å². The predicted octanol–water partition coefficient (Wildman–Crippen LogP) is 1.40. The molecule has 0 aliphatic carbocycles. The molecule has 1 atom stereocenters. The fourth-order valence-corrected chi connectivity index (χ4v) is 4.56. The summed E-state index contributed by atoms with van der Waals surface area (Å²) in [5, 5.41) is 7.99. The van der Waals surface area contributed by atoms with Gasteiger partial charge in [0, 0.05) is 11.7 Å². The normalized spacial score (nSPS) is 21.8. The minimum absolute atomic E-state index is 0.0190. The van der Waals surface area contributed by atoms with E-state index in [4.69, 9.17) is 0 Å². The monoisotopic (exact) mass is 299 g/mol. The molecule has 114 valence electrons. The van der Waals surface area contributed by atoms with Crippen molar-refractivity contribution in [3.05, 3.63) is 17.0 Å². The average molecular weight is 299 g/mol. The number of sulfone groups is 1. The highest BCUT2D eigenvalue weighted by atomic mass is 32.2. The summed E-state index contributed by atoms with van der Waals surface area (Å²) in [4.78, 5) is 0. The van der Waals surface area contributed by atoms with E-state index < -0.39 is 9.84 Å². The van der Waals surface area contributed by atoms with Gasteiger partial charge in [-0.3, -0.25) is 4.68 Å². The summed E-state index contributed by atoms with van der Waals surface area (Å²) in [6.07, 6.45) is 1.63. The summed E-state index contributed by atoms with van der Waals surface area (Å²) in [6.45, 7) is 9.25. The minimum atomic E-state index is -2.87. The number of nitrogens with zero attached hydrogens (tertiary/aromatic N) is 2. The van der Waals surface area contributed by atoms with Gasteiger partial charge in [-0.25, -0.2) is 8.42 Å². The molecule has 1 fully saturated rings. The Labute approximate surface area is 121 Å². The number of hydrogen-bond acceptors (Lipinski definition) is 4. The molecule has 6 heteroatoms. The summed E-state index contributed by atoms with van der Waals surface area (Å²) in [6, 6.07) is 0.496. The van der Waals surface area contributed by atoms with Crippen molar-refractivity contribution in [2.45, 2.75) is 52.6 Å². The smallest absolute Gasteiger partial charge is 0.152 e. The van der Waals surface area contributed by atoms with Crippen LogP contribution in [0.5, 0.6) is 0 Å². The van der Waals surface area contributed by atoms with Gasteiger partial charge in [-0.1, -0.05) is 13.8 Å². The van der Waals surface area contributed by atoms with E-state index in [0.29, 0.717) is 18.2 Å². The Balaban J connectivity index is 2.13. The van der Waals surface area contributed by atoms with Crippen molar-refractivity contribution in [1.29, 1.82) is 0 Å². The van der Waals surface area contributed by atoms with Gasteiger partial charge in [0.2, 0.25) is 0 Å². The van der Waals surface area contributed by atoms with Gasteiger partial charge in [-0.2, -0.15) is 5.10 Å². The second kappa shape index (κ2) is 5.85. The molecule has 5 nitrogen and oxygen atoms in total. The van der Waals surface area contributed by atoms with E-state index >= 15 is 0 Å². The van der Waals surface area contributed by atoms with E-state index in [2.05, 4.69) is 31.2 Å². The summed E-state index contributed by atoms with van der Waals surface area (Å²) >= 11 is 0. The van der Waals surface area contributed by atoms with Crippen LogP contribution in [0.1, 0.15) is 43.3 Å². The first-order chi connectivity index (χ1) is 9.30. The van der Waals surface area contributed by atoms with Crippen molar-refractivity contribution >= 4 is 9.84 Å². The Hall–Kier alpha value is -0.880. The molecule has 1 aliphatic heterocycles. The third-order valence-electron chi connectivity index (χ3n) is 3.96. The zero-order valence-corrected chi connectivity index (χ0v) is 13.6. The van der Waals surface area contributed by atoms with Crippen LogP contribution in [0.2, 0.25) is 0 Å². The number of nitrogens with one attached hydrogen (secondary N) is 1. The van der Waals surface area contributed by atoms with Crippen molar-refractivity contribution in [2.24, 2.45) is 0 Å². The Kier molecular flexibility index (Phi) is 4.54. The maximum atomic E-state index is 11.6. The molecule has 1 N–H and O–H groups in total. The van der Waals surface area contributed by atoms with E-state index in [0.717, 1.165) is 24.4 Å². The highest BCUT2D eigenvalue weighted by molar-refractivity contribution is 7.91. The van der Waals surface area contributed by atoms with Crippen molar-refractivity contribution in [1.82, 2.24) is 15.1 Å². The fourth-order valence-electron chi connectivity index (χ4n) is 2.87. The van der Waals surface area contributed by atoms with Crippen LogP contribution in [-0.2, 0) is 16.3 Å². The Morgan fingerprint density at radius 1 is 1.40 bits per heavy atom. The van der Waals surface area contributed by atoms with Crippen LogP contribution >= 0.6 is 0 Å². The molecule has 0 amide bonds. The molecule has 1 aliphatic rings. The van der Waals surface area contributed by atoms with Crippen molar-refractivity contribution in [3.8, 4) is 0 Å². The lowest BCUT2D eigenvalue weighted by molar-refractivity contribution is 0.485. The molecule has 2 heterocycles. The lowest BCUT2D eigenvalue weighted by Crippen LogP contribution is -2.25. The molecule has 0 radical (unpaired) electrons. The van der Waals surface area contributed by atoms with Crippen LogP contribution in [0.4, 0.5) is 0 Å². The van der Waals surface area contributed by atoms with Gasteiger partial charge in [0.05, 0.1) is 23.2 Å². The molecule has 0 aromatic carbocycles. The lowest BCUT2D eigenvalue weighted by Gasteiger charge is -2.12. The van der Waals surface area contributed by atoms with E-state index in [9.17, 15) is 8.42 Å². The number of aryl methyl sites for hydroxylation is 1. The molecule has 1 aromatic heterocycles. The van der Waals surface area contributed by atoms with E-state index in [1.54, 1.807) is 0 Å². The van der Waals surface area contributed by atoms with Crippen LogP contribution in [0.3, 0.4) is 0 Å². The van der Waals surface area contributed by atoms with Gasteiger partial charge in [-0.15, -0.1) is 0 Å². The third-order valence-corrected chi connectivity index (χ3v) is 5.71. The quantitative estimate of drug-likeness (QED) is 0.892.